The van der Waals surface area contributed by atoms with Crippen LogP contribution < -0.4 is 5.32 Å². The minimum absolute atomic E-state index is 0.169. The molecule has 1 aromatic rings. The Kier molecular flexibility index (Phi) is 6.47. The van der Waals surface area contributed by atoms with Gasteiger partial charge in [-0.25, -0.2) is 9.59 Å². The molecule has 0 radical (unpaired) electrons. The third-order valence-electron chi connectivity index (χ3n) is 3.57. The minimum Gasteiger partial charge on any atom is -0.444 e. The fraction of sp³-hybridized carbons (Fsp3) is 0.444. The number of rotatable bonds is 2. The number of ether oxygens (including phenoxy) is 1. The predicted molar refractivity (Wildman–Crippen MR) is 101 cm³/mol. The van der Waals surface area contributed by atoms with Crippen LogP contribution in [0.15, 0.2) is 34.9 Å². The van der Waals surface area contributed by atoms with Gasteiger partial charge in [0.05, 0.1) is 0 Å². The van der Waals surface area contributed by atoms with Crippen molar-refractivity contribution in [3.8, 4) is 0 Å². The molecule has 0 spiro atoms. The Morgan fingerprint density at radius 3 is 2.20 bits per heavy atom. The number of benzene rings is 1. The van der Waals surface area contributed by atoms with Crippen molar-refractivity contribution in [1.82, 2.24) is 15.1 Å². The molecule has 25 heavy (non-hydrogen) atoms. The van der Waals surface area contributed by atoms with Crippen LogP contribution in [0.25, 0.3) is 6.08 Å². The smallest absolute Gasteiger partial charge is 0.410 e. The summed E-state index contributed by atoms with van der Waals surface area (Å²) in [5, 5.41) is 2.76. The number of hydrogen-bond donors (Lipinski definition) is 1. The van der Waals surface area contributed by atoms with E-state index in [0.717, 1.165) is 10.0 Å². The van der Waals surface area contributed by atoms with Crippen LogP contribution in [-0.4, -0.2) is 53.7 Å². The number of halogens is 1. The van der Waals surface area contributed by atoms with Crippen LogP contribution in [0.1, 0.15) is 26.3 Å². The first-order valence-corrected chi connectivity index (χ1v) is 8.99. The molecular weight excluding hydrogens is 386 g/mol. The summed E-state index contributed by atoms with van der Waals surface area (Å²) in [4.78, 5) is 27.5. The average Bonchev–Trinajstić information content (AvgIpc) is 2.55. The molecule has 2 rings (SSSR count). The Morgan fingerprint density at radius 2 is 1.64 bits per heavy atom. The highest BCUT2D eigenvalue weighted by molar-refractivity contribution is 9.10. The zero-order valence-electron chi connectivity index (χ0n) is 14.8. The highest BCUT2D eigenvalue weighted by Gasteiger charge is 2.27. The molecule has 0 aliphatic carbocycles. The van der Waals surface area contributed by atoms with E-state index in [9.17, 15) is 9.59 Å². The first-order valence-electron chi connectivity index (χ1n) is 8.20. The lowest BCUT2D eigenvalue weighted by Crippen LogP contribution is -2.53. The maximum atomic E-state index is 12.2. The molecule has 1 aromatic carbocycles. The third kappa shape index (κ3) is 6.42. The second-order valence-electron chi connectivity index (χ2n) is 6.79. The van der Waals surface area contributed by atoms with Crippen molar-refractivity contribution in [3.05, 3.63) is 40.5 Å². The number of urea groups is 1. The standard InChI is InChI=1S/C18H24BrN3O3/c1-18(2,3)25-17(24)22-12-10-21(11-13-22)16(23)20-9-8-14-4-6-15(19)7-5-14/h4-9H,10-13H2,1-3H3,(H,20,23)/b9-8+. The van der Waals surface area contributed by atoms with E-state index in [0.29, 0.717) is 26.2 Å². The molecule has 1 N–H and O–H groups in total. The number of nitrogens with zero attached hydrogens (tertiary/aromatic N) is 2. The molecule has 0 atom stereocenters. The Bertz CT molecular complexity index is 630. The molecule has 0 unspecified atom stereocenters. The van der Waals surface area contributed by atoms with Crippen LogP contribution in [0.5, 0.6) is 0 Å². The van der Waals surface area contributed by atoms with Crippen LogP contribution >= 0.6 is 15.9 Å². The summed E-state index contributed by atoms with van der Waals surface area (Å²) in [6.07, 6.45) is 3.13. The predicted octanol–water partition coefficient (Wildman–Crippen LogP) is 3.68. The first kappa shape index (κ1) is 19.3. The van der Waals surface area contributed by atoms with Crippen molar-refractivity contribution in [1.29, 1.82) is 0 Å². The molecule has 7 heteroatoms. The van der Waals surface area contributed by atoms with Gasteiger partial charge in [0, 0.05) is 36.9 Å². The van der Waals surface area contributed by atoms with Crippen LogP contribution in [0.2, 0.25) is 0 Å². The zero-order chi connectivity index (χ0) is 18.4. The van der Waals surface area contributed by atoms with E-state index in [1.807, 2.05) is 51.1 Å². The monoisotopic (exact) mass is 409 g/mol. The largest absolute Gasteiger partial charge is 0.444 e. The molecule has 0 bridgehead atoms. The SMILES string of the molecule is CC(C)(C)OC(=O)N1CCN(C(=O)N/C=C/c2ccc(Br)cc2)CC1. The molecule has 1 aliphatic rings. The summed E-state index contributed by atoms with van der Waals surface area (Å²) in [5.74, 6) is 0. The van der Waals surface area contributed by atoms with E-state index in [1.54, 1.807) is 16.0 Å². The number of nitrogens with one attached hydrogen (secondary N) is 1. The van der Waals surface area contributed by atoms with E-state index >= 15 is 0 Å². The van der Waals surface area contributed by atoms with Gasteiger partial charge in [-0.2, -0.15) is 0 Å². The Morgan fingerprint density at radius 1 is 1.08 bits per heavy atom. The van der Waals surface area contributed by atoms with E-state index in [1.165, 1.54) is 0 Å². The van der Waals surface area contributed by atoms with Gasteiger partial charge in [0.1, 0.15) is 5.60 Å². The van der Waals surface area contributed by atoms with Gasteiger partial charge in [0.2, 0.25) is 0 Å². The van der Waals surface area contributed by atoms with Gasteiger partial charge in [0.15, 0.2) is 0 Å². The lowest BCUT2D eigenvalue weighted by Gasteiger charge is -2.35. The Hall–Kier alpha value is -2.02. The Balaban J connectivity index is 1.77. The molecule has 1 saturated heterocycles. The van der Waals surface area contributed by atoms with Crippen molar-refractivity contribution in [3.63, 3.8) is 0 Å². The fourth-order valence-corrected chi connectivity index (χ4v) is 2.56. The quantitative estimate of drug-likeness (QED) is 0.809. The summed E-state index contributed by atoms with van der Waals surface area (Å²) in [6, 6.07) is 7.62. The van der Waals surface area contributed by atoms with Crippen molar-refractivity contribution >= 4 is 34.1 Å². The number of hydrogen-bond acceptors (Lipinski definition) is 3. The van der Waals surface area contributed by atoms with E-state index in [-0.39, 0.29) is 12.1 Å². The molecule has 6 nitrogen and oxygen atoms in total. The van der Waals surface area contributed by atoms with Gasteiger partial charge in [-0.15, -0.1) is 0 Å². The van der Waals surface area contributed by atoms with E-state index < -0.39 is 5.60 Å². The number of piperazine rings is 1. The summed E-state index contributed by atoms with van der Waals surface area (Å²) in [6.45, 7) is 7.43. The summed E-state index contributed by atoms with van der Waals surface area (Å²) in [5.41, 5.74) is 0.488. The molecule has 1 aliphatic heterocycles. The average molecular weight is 410 g/mol. The molecule has 1 fully saturated rings. The lowest BCUT2D eigenvalue weighted by atomic mass is 10.2. The van der Waals surface area contributed by atoms with Crippen molar-refractivity contribution < 1.29 is 14.3 Å². The number of amides is 3. The summed E-state index contributed by atoms with van der Waals surface area (Å²) >= 11 is 3.38. The summed E-state index contributed by atoms with van der Waals surface area (Å²) < 4.78 is 6.36. The normalized spacial score (nSPS) is 15.4. The summed E-state index contributed by atoms with van der Waals surface area (Å²) in [7, 11) is 0. The second-order valence-corrected chi connectivity index (χ2v) is 7.70. The van der Waals surface area contributed by atoms with Gasteiger partial charge in [-0.1, -0.05) is 28.1 Å². The minimum atomic E-state index is -0.511. The van der Waals surface area contributed by atoms with Crippen LogP contribution in [0, 0.1) is 0 Å². The lowest BCUT2D eigenvalue weighted by molar-refractivity contribution is 0.0171. The zero-order valence-corrected chi connectivity index (χ0v) is 16.4. The molecular formula is C18H24BrN3O3. The first-order chi connectivity index (χ1) is 11.7. The highest BCUT2D eigenvalue weighted by atomic mass is 79.9. The van der Waals surface area contributed by atoms with Crippen molar-refractivity contribution in [2.45, 2.75) is 26.4 Å². The van der Waals surface area contributed by atoms with Gasteiger partial charge < -0.3 is 19.9 Å². The third-order valence-corrected chi connectivity index (χ3v) is 4.10. The van der Waals surface area contributed by atoms with Gasteiger partial charge in [-0.05, 0) is 44.5 Å². The van der Waals surface area contributed by atoms with Gasteiger partial charge in [-0.3, -0.25) is 0 Å². The van der Waals surface area contributed by atoms with E-state index in [4.69, 9.17) is 4.74 Å². The molecule has 1 heterocycles. The van der Waals surface area contributed by atoms with Crippen molar-refractivity contribution in [2.75, 3.05) is 26.2 Å². The molecule has 3 amide bonds. The van der Waals surface area contributed by atoms with Gasteiger partial charge in [0.25, 0.3) is 0 Å². The maximum absolute atomic E-state index is 12.2. The van der Waals surface area contributed by atoms with Crippen LogP contribution in [0.4, 0.5) is 9.59 Å². The van der Waals surface area contributed by atoms with E-state index in [2.05, 4.69) is 21.2 Å². The molecule has 136 valence electrons. The fourth-order valence-electron chi connectivity index (χ4n) is 2.29. The van der Waals surface area contributed by atoms with Crippen molar-refractivity contribution in [2.24, 2.45) is 0 Å². The maximum Gasteiger partial charge on any atom is 0.410 e. The second kappa shape index (κ2) is 8.38. The molecule has 0 saturated carbocycles. The van der Waals surface area contributed by atoms with Crippen LogP contribution in [-0.2, 0) is 4.74 Å². The van der Waals surface area contributed by atoms with Crippen LogP contribution in [0.3, 0.4) is 0 Å². The topological polar surface area (TPSA) is 61.9 Å². The highest BCUT2D eigenvalue weighted by Crippen LogP contribution is 2.13. The molecule has 0 aromatic heterocycles. The number of carbonyl (C=O) groups is 2. The van der Waals surface area contributed by atoms with Gasteiger partial charge >= 0.3 is 12.1 Å². The Labute approximate surface area is 156 Å². The number of carbonyl (C=O) groups excluding carboxylic acids is 2.